The molecule has 0 aliphatic heterocycles. The first-order chi connectivity index (χ1) is 5.84. The first kappa shape index (κ1) is 9.56. The Kier molecular flexibility index (Phi) is 2.02. The molecule has 7 heteroatoms. The molecule has 1 aromatic rings. The lowest BCUT2D eigenvalue weighted by molar-refractivity contribution is -0.139. The van der Waals surface area contributed by atoms with Crippen LogP contribution in [0.3, 0.4) is 0 Å². The van der Waals surface area contributed by atoms with Gasteiger partial charge < -0.3 is 5.84 Å². The van der Waals surface area contributed by atoms with Gasteiger partial charge in [-0.25, -0.2) is 0 Å². The van der Waals surface area contributed by atoms with Crippen LogP contribution in [0.1, 0.15) is 11.1 Å². The molecule has 0 bridgehead atoms. The minimum Gasteiger partial charge on any atom is -0.320 e. The van der Waals surface area contributed by atoms with E-state index < -0.39 is 17.3 Å². The maximum Gasteiger partial charge on any atom is 0.422 e. The topological polar surface area (TPSA) is 60.9 Å². The van der Waals surface area contributed by atoms with Crippen LogP contribution in [-0.2, 0) is 6.18 Å². The highest BCUT2D eigenvalue weighted by Crippen LogP contribution is 2.28. The summed E-state index contributed by atoms with van der Waals surface area (Å²) < 4.78 is 36.6. The van der Waals surface area contributed by atoms with Gasteiger partial charge in [-0.15, -0.1) is 4.79 Å². The molecule has 0 unspecified atom stereocenters. The fourth-order valence-corrected chi connectivity index (χ4v) is 0.894. The van der Waals surface area contributed by atoms with Gasteiger partial charge in [-0.3, -0.25) is 4.79 Å². The van der Waals surface area contributed by atoms with Gasteiger partial charge in [0.25, 0.3) is 5.56 Å². The van der Waals surface area contributed by atoms with Crippen LogP contribution in [0, 0.1) is 6.92 Å². The van der Waals surface area contributed by atoms with Gasteiger partial charge in [0.1, 0.15) is 5.56 Å². The molecule has 1 aromatic heterocycles. The maximum absolute atomic E-state index is 12.2. The molecule has 13 heavy (non-hydrogen) atoms. The lowest BCUT2D eigenvalue weighted by atomic mass is 10.2. The Bertz CT molecular complexity index is 382. The van der Waals surface area contributed by atoms with E-state index in [0.717, 1.165) is 13.1 Å². The fourth-order valence-electron chi connectivity index (χ4n) is 0.894. The second-order valence-electron chi connectivity index (χ2n) is 2.45. The van der Waals surface area contributed by atoms with Gasteiger partial charge in [-0.1, -0.05) is 0 Å². The molecule has 4 nitrogen and oxygen atoms in total. The molecule has 0 radical (unpaired) electrons. The van der Waals surface area contributed by atoms with E-state index >= 15 is 0 Å². The van der Waals surface area contributed by atoms with Crippen LogP contribution < -0.4 is 11.4 Å². The molecule has 0 fully saturated rings. The average molecular weight is 193 g/mol. The van der Waals surface area contributed by atoms with Crippen LogP contribution >= 0.6 is 0 Å². The van der Waals surface area contributed by atoms with Crippen LogP contribution in [0.15, 0.2) is 11.0 Å². The SMILES string of the molecule is Cc1cnn(N)c(=O)c1C(F)(F)F. The summed E-state index contributed by atoms with van der Waals surface area (Å²) in [4.78, 5) is 11.1. The second-order valence-corrected chi connectivity index (χ2v) is 2.45. The Balaban J connectivity index is 3.53. The molecular weight excluding hydrogens is 187 g/mol. The molecule has 0 spiro atoms. The summed E-state index contributed by atoms with van der Waals surface area (Å²) in [7, 11) is 0. The van der Waals surface area contributed by atoms with Crippen molar-refractivity contribution in [2.24, 2.45) is 0 Å². The molecule has 0 amide bonds. The van der Waals surface area contributed by atoms with Crippen LogP contribution in [0.4, 0.5) is 13.2 Å². The maximum atomic E-state index is 12.2. The Morgan fingerprint density at radius 2 is 2.08 bits per heavy atom. The van der Waals surface area contributed by atoms with Crippen molar-refractivity contribution >= 4 is 0 Å². The van der Waals surface area contributed by atoms with Gasteiger partial charge >= 0.3 is 6.18 Å². The molecule has 0 aliphatic carbocycles. The first-order valence-corrected chi connectivity index (χ1v) is 3.25. The highest BCUT2D eigenvalue weighted by molar-refractivity contribution is 5.22. The zero-order valence-corrected chi connectivity index (χ0v) is 6.59. The van der Waals surface area contributed by atoms with Gasteiger partial charge in [0, 0.05) is 0 Å². The molecule has 0 aliphatic rings. The summed E-state index contributed by atoms with van der Waals surface area (Å²) >= 11 is 0. The normalized spacial score (nSPS) is 11.7. The van der Waals surface area contributed by atoms with Crippen molar-refractivity contribution in [1.82, 2.24) is 9.89 Å². The second kappa shape index (κ2) is 2.75. The summed E-state index contributed by atoms with van der Waals surface area (Å²) in [5, 5.41) is 3.23. The quantitative estimate of drug-likeness (QED) is 0.602. The lowest BCUT2D eigenvalue weighted by Crippen LogP contribution is -2.36. The van der Waals surface area contributed by atoms with Crippen molar-refractivity contribution in [1.29, 1.82) is 0 Å². The summed E-state index contributed by atoms with van der Waals surface area (Å²) in [6, 6.07) is 0. The van der Waals surface area contributed by atoms with E-state index in [1.54, 1.807) is 0 Å². The van der Waals surface area contributed by atoms with Crippen molar-refractivity contribution in [3.8, 4) is 0 Å². The van der Waals surface area contributed by atoms with Crippen LogP contribution in [-0.4, -0.2) is 9.89 Å². The third-order valence-corrected chi connectivity index (χ3v) is 1.48. The molecule has 72 valence electrons. The standard InChI is InChI=1S/C6H6F3N3O/c1-3-2-11-12(10)5(13)4(3)6(7,8)9/h2H,10H2,1H3. The monoisotopic (exact) mass is 193 g/mol. The Hall–Kier alpha value is -1.53. The number of nitrogens with two attached hydrogens (primary N) is 1. The largest absolute Gasteiger partial charge is 0.422 e. The lowest BCUT2D eigenvalue weighted by Gasteiger charge is -2.08. The number of aryl methyl sites for hydroxylation is 1. The van der Waals surface area contributed by atoms with Gasteiger partial charge in [0.2, 0.25) is 0 Å². The fraction of sp³-hybridized carbons (Fsp3) is 0.333. The molecule has 1 heterocycles. The number of hydrogen-bond donors (Lipinski definition) is 1. The Morgan fingerprint density at radius 3 is 2.46 bits per heavy atom. The molecule has 0 aromatic carbocycles. The minimum atomic E-state index is -4.69. The highest BCUT2D eigenvalue weighted by atomic mass is 19.4. The van der Waals surface area contributed by atoms with Crippen molar-refractivity contribution in [3.05, 3.63) is 27.7 Å². The first-order valence-electron chi connectivity index (χ1n) is 3.25. The van der Waals surface area contributed by atoms with Crippen LogP contribution in [0.5, 0.6) is 0 Å². The minimum absolute atomic E-state index is 0.163. The van der Waals surface area contributed by atoms with E-state index in [0.29, 0.717) is 0 Å². The van der Waals surface area contributed by atoms with Gasteiger partial charge in [0.15, 0.2) is 0 Å². The zero-order valence-electron chi connectivity index (χ0n) is 6.59. The highest BCUT2D eigenvalue weighted by Gasteiger charge is 2.36. The Labute approximate surface area is 70.7 Å². The smallest absolute Gasteiger partial charge is 0.320 e. The molecule has 1 rings (SSSR count). The number of hydrogen-bond acceptors (Lipinski definition) is 3. The zero-order chi connectivity index (χ0) is 10.2. The summed E-state index contributed by atoms with van der Waals surface area (Å²) in [5.41, 5.74) is -2.85. The summed E-state index contributed by atoms with van der Waals surface area (Å²) in [6.45, 7) is 1.15. The van der Waals surface area contributed by atoms with E-state index in [-0.39, 0.29) is 10.4 Å². The van der Waals surface area contributed by atoms with Gasteiger partial charge in [-0.2, -0.15) is 18.3 Å². The average Bonchev–Trinajstić information content (AvgIpc) is 1.95. The van der Waals surface area contributed by atoms with E-state index in [1.165, 1.54) is 0 Å². The summed E-state index contributed by atoms with van der Waals surface area (Å²) in [5.74, 6) is 4.88. The van der Waals surface area contributed by atoms with Crippen LogP contribution in [0.25, 0.3) is 0 Å². The van der Waals surface area contributed by atoms with Gasteiger partial charge in [0.05, 0.1) is 6.20 Å². The number of nitrogens with zero attached hydrogens (tertiary/aromatic N) is 2. The van der Waals surface area contributed by atoms with Crippen LogP contribution in [0.2, 0.25) is 0 Å². The van der Waals surface area contributed by atoms with Crippen molar-refractivity contribution in [2.45, 2.75) is 13.1 Å². The van der Waals surface area contributed by atoms with E-state index in [4.69, 9.17) is 5.84 Å². The van der Waals surface area contributed by atoms with E-state index in [2.05, 4.69) is 5.10 Å². The number of aromatic nitrogens is 2. The number of rotatable bonds is 0. The van der Waals surface area contributed by atoms with Crippen molar-refractivity contribution < 1.29 is 13.2 Å². The third kappa shape index (κ3) is 1.63. The van der Waals surface area contributed by atoms with Crippen molar-refractivity contribution in [2.75, 3.05) is 5.84 Å². The van der Waals surface area contributed by atoms with Gasteiger partial charge in [-0.05, 0) is 12.5 Å². The summed E-state index contributed by atoms with van der Waals surface area (Å²) in [6.07, 6.45) is -3.80. The number of alkyl halides is 3. The molecule has 0 atom stereocenters. The predicted molar refractivity (Wildman–Crippen MR) is 38.4 cm³/mol. The van der Waals surface area contributed by atoms with E-state index in [9.17, 15) is 18.0 Å². The predicted octanol–water partition coefficient (Wildman–Crippen LogP) is 0.284. The molecule has 0 saturated carbocycles. The Morgan fingerprint density at radius 1 is 1.54 bits per heavy atom. The number of nitrogen functional groups attached to an aromatic ring is 1. The molecular formula is C6H6F3N3O. The number of halogens is 3. The third-order valence-electron chi connectivity index (χ3n) is 1.48. The van der Waals surface area contributed by atoms with E-state index in [1.807, 2.05) is 0 Å². The molecule has 2 N–H and O–H groups in total. The van der Waals surface area contributed by atoms with Crippen molar-refractivity contribution in [3.63, 3.8) is 0 Å². The molecule has 0 saturated heterocycles.